The van der Waals surface area contributed by atoms with Crippen molar-refractivity contribution >= 4 is 77.5 Å². The van der Waals surface area contributed by atoms with Crippen molar-refractivity contribution in [3.05, 3.63) is 142 Å². The molecule has 60 heavy (non-hydrogen) atoms. The zero-order chi connectivity index (χ0) is 43.0. The molecule has 2 aliphatic rings. The first-order chi connectivity index (χ1) is 28.4. The number of nitrogen functional groups attached to an aromatic ring is 2. The number of carbonyl (C=O) groups is 4. The van der Waals surface area contributed by atoms with Crippen LogP contribution in [0.5, 0.6) is 11.5 Å². The van der Waals surface area contributed by atoms with Crippen LogP contribution in [0.2, 0.25) is 0 Å². The van der Waals surface area contributed by atoms with Gasteiger partial charge >= 0.3 is 0 Å². The average Bonchev–Trinajstić information content (AvgIpc) is 3.22. The molecule has 0 saturated heterocycles. The fourth-order valence-corrected chi connectivity index (χ4v) is 8.80. The summed E-state index contributed by atoms with van der Waals surface area (Å²) in [6, 6.07) is 23.4. The van der Waals surface area contributed by atoms with Gasteiger partial charge in [-0.3, -0.25) is 28.3 Å². The fourth-order valence-electron chi connectivity index (χ4n) is 7.51. The molecule has 302 valence electrons. The Hall–Kier alpha value is -7.38. The lowest BCUT2D eigenvalue weighted by Gasteiger charge is -2.24. The molecule has 0 aliphatic heterocycles. The highest BCUT2D eigenvalue weighted by atomic mass is 32.2. The molecule has 0 aromatic heterocycles. The molecule has 0 unspecified atom stereocenters. The fraction of sp³-hybridized carbons (Fsp3) is 0.0476. The van der Waals surface area contributed by atoms with Crippen LogP contribution in [0.3, 0.4) is 0 Å². The first-order valence-corrected chi connectivity index (χ1v) is 20.5. The number of ketones is 4. The molecule has 0 spiro atoms. The quantitative estimate of drug-likeness (QED) is 0.0711. The molecule has 16 nitrogen and oxygen atoms in total. The minimum atomic E-state index is -4.97. The number of anilines is 6. The summed E-state index contributed by atoms with van der Waals surface area (Å²) in [5.74, 6) is -2.12. The number of nitrogens with one attached hydrogen (secondary N) is 2. The smallest absolute Gasteiger partial charge is 0.296 e. The maximum atomic E-state index is 13.8. The Morgan fingerprint density at radius 1 is 0.467 bits per heavy atom. The Labute approximate surface area is 341 Å². The standard InChI is InChI=1S/C42H30N4O12S2/c1-57-29-15-19(45-27-17-31(59(51,52)53)37(43)35-33(27)39(47)23-7-3-5-9-25(23)41(35)49)11-13-21(29)22-14-12-20(16-30(22)58-2)46-28-18-32(60(54,55)56)38(44)36-34(28)40(48)24-8-4-6-10-26(24)42(36)50/h3-18,45-46H,43-44H2,1-2H3,(H,51,52,53)(H,54,55,56). The Bertz CT molecular complexity index is 2970. The van der Waals surface area contributed by atoms with E-state index in [2.05, 4.69) is 10.6 Å². The number of nitrogens with two attached hydrogens (primary N) is 2. The molecule has 6 aromatic carbocycles. The lowest BCUT2D eigenvalue weighted by Crippen LogP contribution is -2.25. The second kappa shape index (κ2) is 14.2. The van der Waals surface area contributed by atoms with E-state index < -0.39 is 64.5 Å². The Morgan fingerprint density at radius 3 is 1.08 bits per heavy atom. The summed E-state index contributed by atoms with van der Waals surface area (Å²) < 4.78 is 81.2. The van der Waals surface area contributed by atoms with Gasteiger partial charge < -0.3 is 31.6 Å². The minimum Gasteiger partial charge on any atom is -0.496 e. The summed E-state index contributed by atoms with van der Waals surface area (Å²) in [4.78, 5) is 53.3. The Kier molecular flexibility index (Phi) is 9.31. The molecule has 2 aliphatic carbocycles. The SMILES string of the molecule is COc1cc(Nc2cc(S(=O)(=O)O)c(N)c3c2C(=O)c2ccccc2C3=O)ccc1-c1ccc(Nc2cc(S(=O)(=O)O)c(N)c3c2C(=O)c2ccccc2C3=O)cc1OC. The van der Waals surface area contributed by atoms with Gasteiger partial charge in [0.2, 0.25) is 0 Å². The summed E-state index contributed by atoms with van der Waals surface area (Å²) in [6.07, 6.45) is 0. The van der Waals surface area contributed by atoms with Gasteiger partial charge in [0.1, 0.15) is 21.3 Å². The Balaban J connectivity index is 1.18. The predicted octanol–water partition coefficient (Wildman–Crippen LogP) is 6.07. The van der Waals surface area contributed by atoms with E-state index in [4.69, 9.17) is 20.9 Å². The average molecular weight is 847 g/mol. The van der Waals surface area contributed by atoms with Crippen LogP contribution in [-0.2, 0) is 20.2 Å². The molecule has 0 heterocycles. The predicted molar refractivity (Wildman–Crippen MR) is 219 cm³/mol. The summed E-state index contributed by atoms with van der Waals surface area (Å²) in [5.41, 5.74) is 11.3. The van der Waals surface area contributed by atoms with Gasteiger partial charge in [0.05, 0.1) is 59.2 Å². The van der Waals surface area contributed by atoms with E-state index in [9.17, 15) is 45.1 Å². The lowest BCUT2D eigenvalue weighted by molar-refractivity contribution is 0.0980. The molecular weight excluding hydrogens is 817 g/mol. The lowest BCUT2D eigenvalue weighted by atomic mass is 9.82. The number of methoxy groups -OCH3 is 2. The molecule has 0 bridgehead atoms. The highest BCUT2D eigenvalue weighted by Gasteiger charge is 2.38. The summed E-state index contributed by atoms with van der Waals surface area (Å²) in [6.45, 7) is 0. The molecule has 0 atom stereocenters. The van der Waals surface area contributed by atoms with Crippen molar-refractivity contribution in [3.8, 4) is 22.6 Å². The van der Waals surface area contributed by atoms with Crippen LogP contribution in [0, 0.1) is 0 Å². The molecule has 0 fully saturated rings. The van der Waals surface area contributed by atoms with Crippen molar-refractivity contribution in [1.29, 1.82) is 0 Å². The molecule has 6 aromatic rings. The van der Waals surface area contributed by atoms with Crippen molar-refractivity contribution in [2.75, 3.05) is 36.3 Å². The number of rotatable bonds is 9. The number of hydrogen-bond acceptors (Lipinski definition) is 14. The van der Waals surface area contributed by atoms with E-state index in [0.717, 1.165) is 12.1 Å². The molecule has 0 amide bonds. The summed E-state index contributed by atoms with van der Waals surface area (Å²) in [5, 5.41) is 5.96. The van der Waals surface area contributed by atoms with Crippen LogP contribution in [0.25, 0.3) is 11.1 Å². The van der Waals surface area contributed by atoms with Crippen molar-refractivity contribution in [2.45, 2.75) is 9.79 Å². The number of ether oxygens (including phenoxy) is 2. The first-order valence-electron chi connectivity index (χ1n) is 17.6. The maximum absolute atomic E-state index is 13.8. The highest BCUT2D eigenvalue weighted by Crippen LogP contribution is 2.45. The van der Waals surface area contributed by atoms with E-state index in [1.54, 1.807) is 48.5 Å². The van der Waals surface area contributed by atoms with Gasteiger partial charge in [0.25, 0.3) is 20.2 Å². The molecule has 0 saturated carbocycles. The summed E-state index contributed by atoms with van der Waals surface area (Å²) in [7, 11) is -7.16. The molecule has 8 rings (SSSR count). The van der Waals surface area contributed by atoms with Crippen LogP contribution >= 0.6 is 0 Å². The van der Waals surface area contributed by atoms with Gasteiger partial charge in [0.15, 0.2) is 23.1 Å². The van der Waals surface area contributed by atoms with Crippen LogP contribution in [0.4, 0.5) is 34.1 Å². The third kappa shape index (κ3) is 6.30. The van der Waals surface area contributed by atoms with Crippen molar-refractivity contribution in [1.82, 2.24) is 0 Å². The van der Waals surface area contributed by atoms with Gasteiger partial charge in [-0.2, -0.15) is 16.8 Å². The maximum Gasteiger partial charge on any atom is 0.296 e. The van der Waals surface area contributed by atoms with E-state index in [-0.39, 0.29) is 78.8 Å². The number of fused-ring (bicyclic) bond motifs is 4. The van der Waals surface area contributed by atoms with Gasteiger partial charge in [-0.05, 0) is 36.4 Å². The van der Waals surface area contributed by atoms with Gasteiger partial charge in [-0.1, -0.05) is 48.5 Å². The zero-order valence-electron chi connectivity index (χ0n) is 31.2. The normalized spacial score (nSPS) is 13.2. The second-order valence-corrected chi connectivity index (χ2v) is 16.4. The minimum absolute atomic E-state index is 0.0198. The third-order valence-corrected chi connectivity index (χ3v) is 12.0. The monoisotopic (exact) mass is 846 g/mol. The van der Waals surface area contributed by atoms with Crippen LogP contribution in [-0.4, -0.2) is 63.3 Å². The van der Waals surface area contributed by atoms with Crippen LogP contribution in [0.1, 0.15) is 63.7 Å². The van der Waals surface area contributed by atoms with Gasteiger partial charge in [0, 0.05) is 56.9 Å². The van der Waals surface area contributed by atoms with Crippen molar-refractivity contribution in [3.63, 3.8) is 0 Å². The largest absolute Gasteiger partial charge is 0.496 e. The van der Waals surface area contributed by atoms with Gasteiger partial charge in [-0.25, -0.2) is 0 Å². The first kappa shape index (κ1) is 39.4. The number of hydrogen-bond donors (Lipinski definition) is 6. The van der Waals surface area contributed by atoms with Crippen LogP contribution < -0.4 is 31.6 Å². The number of carbonyl (C=O) groups excluding carboxylic acids is 4. The Morgan fingerprint density at radius 2 is 0.783 bits per heavy atom. The highest BCUT2D eigenvalue weighted by molar-refractivity contribution is 7.86. The third-order valence-electron chi connectivity index (χ3n) is 10.2. The van der Waals surface area contributed by atoms with E-state index in [1.165, 1.54) is 50.6 Å². The van der Waals surface area contributed by atoms with Gasteiger partial charge in [-0.15, -0.1) is 0 Å². The second-order valence-electron chi connectivity index (χ2n) is 13.6. The van der Waals surface area contributed by atoms with E-state index >= 15 is 0 Å². The van der Waals surface area contributed by atoms with Crippen LogP contribution in [0.15, 0.2) is 107 Å². The van der Waals surface area contributed by atoms with Crippen molar-refractivity contribution < 1.29 is 54.6 Å². The number of benzene rings is 6. The zero-order valence-corrected chi connectivity index (χ0v) is 32.8. The topological polar surface area (TPSA) is 272 Å². The molecule has 18 heteroatoms. The molecular formula is C42H30N4O12S2. The van der Waals surface area contributed by atoms with E-state index in [1.807, 2.05) is 0 Å². The van der Waals surface area contributed by atoms with Crippen molar-refractivity contribution in [2.24, 2.45) is 0 Å². The van der Waals surface area contributed by atoms with E-state index in [0.29, 0.717) is 11.1 Å². The molecule has 0 radical (unpaired) electrons. The summed E-state index contributed by atoms with van der Waals surface area (Å²) >= 11 is 0. The molecule has 8 N–H and O–H groups in total.